The normalized spacial score (nSPS) is 22.6. The minimum absolute atomic E-state index is 0.188. The lowest BCUT2D eigenvalue weighted by Crippen LogP contribution is -2.40. The zero-order valence-corrected chi connectivity index (χ0v) is 14.5. The molecule has 23 heavy (non-hydrogen) atoms. The largest absolute Gasteiger partial charge is 0.355 e. The molecular weight excluding hydrogens is 306 g/mol. The molecule has 2 aliphatic rings. The van der Waals surface area contributed by atoms with Crippen molar-refractivity contribution in [2.45, 2.75) is 32.2 Å². The van der Waals surface area contributed by atoms with E-state index in [1.165, 1.54) is 29.8 Å². The number of hydrogen-bond acceptors (Lipinski definition) is 4. The van der Waals surface area contributed by atoms with Crippen LogP contribution in [-0.4, -0.2) is 43.5 Å². The third-order valence-electron chi connectivity index (χ3n) is 4.70. The molecular formula is C18H27N3OS. The first-order valence-corrected chi connectivity index (χ1v) is 9.57. The number of hydrogen-bond donors (Lipinski definition) is 2. The van der Waals surface area contributed by atoms with E-state index in [2.05, 4.69) is 39.1 Å². The number of likely N-dealkylation sites (tertiary alicyclic amines) is 1. The standard InChI is InChI=1S/C18H27N3OS/c22-18(11-15-5-7-19-8-6-15)20-12-16-3-1-9-21(13-16)14-17-4-2-10-23-17/h2,4-5,10,16,19H,1,3,6-9,11-14H2,(H,20,22). The van der Waals surface area contributed by atoms with Crippen LogP contribution < -0.4 is 10.6 Å². The summed E-state index contributed by atoms with van der Waals surface area (Å²) in [4.78, 5) is 16.1. The zero-order chi connectivity index (χ0) is 15.9. The fourth-order valence-corrected chi connectivity index (χ4v) is 4.19. The molecule has 1 aromatic heterocycles. The summed E-state index contributed by atoms with van der Waals surface area (Å²) in [5, 5.41) is 8.58. The molecule has 1 saturated heterocycles. The molecule has 2 N–H and O–H groups in total. The molecule has 0 saturated carbocycles. The third kappa shape index (κ3) is 5.44. The zero-order valence-electron chi connectivity index (χ0n) is 13.7. The molecule has 0 aliphatic carbocycles. The molecule has 1 fully saturated rings. The fourth-order valence-electron chi connectivity index (χ4n) is 3.44. The van der Waals surface area contributed by atoms with Crippen LogP contribution in [0.3, 0.4) is 0 Å². The van der Waals surface area contributed by atoms with Crippen LogP contribution in [0.15, 0.2) is 29.2 Å². The van der Waals surface area contributed by atoms with Crippen LogP contribution in [0.1, 0.15) is 30.6 Å². The number of thiophene rings is 1. The van der Waals surface area contributed by atoms with E-state index in [-0.39, 0.29) is 5.91 Å². The van der Waals surface area contributed by atoms with E-state index in [0.717, 1.165) is 39.1 Å². The van der Waals surface area contributed by atoms with Crippen molar-refractivity contribution in [1.82, 2.24) is 15.5 Å². The Bertz CT molecular complexity index is 526. The van der Waals surface area contributed by atoms with Crippen molar-refractivity contribution < 1.29 is 4.79 Å². The number of nitrogens with zero attached hydrogens (tertiary/aromatic N) is 1. The van der Waals surface area contributed by atoms with E-state index in [1.807, 2.05) is 11.3 Å². The van der Waals surface area contributed by atoms with Crippen LogP contribution in [0.4, 0.5) is 0 Å². The summed E-state index contributed by atoms with van der Waals surface area (Å²) < 4.78 is 0. The Balaban J connectivity index is 1.39. The summed E-state index contributed by atoms with van der Waals surface area (Å²) >= 11 is 1.83. The summed E-state index contributed by atoms with van der Waals surface area (Å²) in [5.41, 5.74) is 1.28. The maximum atomic E-state index is 12.1. The lowest BCUT2D eigenvalue weighted by molar-refractivity contribution is -0.120. The molecule has 1 unspecified atom stereocenters. The molecule has 4 nitrogen and oxygen atoms in total. The summed E-state index contributed by atoms with van der Waals surface area (Å²) in [6, 6.07) is 4.33. The van der Waals surface area contributed by atoms with E-state index in [9.17, 15) is 4.79 Å². The lowest BCUT2D eigenvalue weighted by atomic mass is 9.97. The predicted octanol–water partition coefficient (Wildman–Crippen LogP) is 2.39. The van der Waals surface area contributed by atoms with E-state index in [0.29, 0.717) is 12.3 Å². The maximum Gasteiger partial charge on any atom is 0.224 e. The summed E-state index contributed by atoms with van der Waals surface area (Å²) in [6.07, 6.45) is 6.21. The number of carbonyl (C=O) groups is 1. The van der Waals surface area contributed by atoms with Crippen molar-refractivity contribution in [3.63, 3.8) is 0 Å². The van der Waals surface area contributed by atoms with Crippen molar-refractivity contribution in [1.29, 1.82) is 0 Å². The van der Waals surface area contributed by atoms with Gasteiger partial charge in [0.25, 0.3) is 0 Å². The number of piperidine rings is 1. The highest BCUT2D eigenvalue weighted by Crippen LogP contribution is 2.20. The summed E-state index contributed by atoms with van der Waals surface area (Å²) in [5.74, 6) is 0.781. The van der Waals surface area contributed by atoms with Gasteiger partial charge in [0, 0.05) is 37.5 Å². The average molecular weight is 334 g/mol. The second kappa shape index (κ2) is 8.62. The van der Waals surface area contributed by atoms with Gasteiger partial charge in [0.05, 0.1) is 0 Å². The number of nitrogens with one attached hydrogen (secondary N) is 2. The molecule has 3 rings (SSSR count). The van der Waals surface area contributed by atoms with E-state index >= 15 is 0 Å². The Hall–Kier alpha value is -1.17. The second-order valence-electron chi connectivity index (χ2n) is 6.62. The molecule has 1 amide bonds. The van der Waals surface area contributed by atoms with Gasteiger partial charge in [0.15, 0.2) is 0 Å². The fraction of sp³-hybridized carbons (Fsp3) is 0.611. The predicted molar refractivity (Wildman–Crippen MR) is 95.5 cm³/mol. The van der Waals surface area contributed by atoms with E-state index in [4.69, 9.17) is 0 Å². The smallest absolute Gasteiger partial charge is 0.224 e. The topological polar surface area (TPSA) is 44.4 Å². The minimum Gasteiger partial charge on any atom is -0.355 e. The van der Waals surface area contributed by atoms with Gasteiger partial charge >= 0.3 is 0 Å². The highest BCUT2D eigenvalue weighted by Gasteiger charge is 2.21. The first kappa shape index (κ1) is 16.7. The van der Waals surface area contributed by atoms with Crippen LogP contribution in [0, 0.1) is 5.92 Å². The van der Waals surface area contributed by atoms with Crippen LogP contribution in [0.25, 0.3) is 0 Å². The summed E-state index contributed by atoms with van der Waals surface area (Å²) in [6.45, 7) is 6.07. The average Bonchev–Trinajstić information content (AvgIpc) is 3.07. The van der Waals surface area contributed by atoms with Gasteiger partial charge in [-0.15, -0.1) is 11.3 Å². The van der Waals surface area contributed by atoms with Gasteiger partial charge in [0.1, 0.15) is 0 Å². The molecule has 0 radical (unpaired) electrons. The number of amides is 1. The molecule has 1 aromatic rings. The number of rotatable bonds is 6. The Kier molecular flexibility index (Phi) is 6.25. The Morgan fingerprint density at radius 3 is 3.22 bits per heavy atom. The van der Waals surface area contributed by atoms with Crippen LogP contribution in [0.5, 0.6) is 0 Å². The Labute approximate surface area is 143 Å². The maximum absolute atomic E-state index is 12.1. The van der Waals surface area contributed by atoms with Crippen LogP contribution >= 0.6 is 11.3 Å². The Morgan fingerprint density at radius 2 is 2.43 bits per heavy atom. The molecule has 0 bridgehead atoms. The van der Waals surface area contributed by atoms with Crippen molar-refractivity contribution in [2.24, 2.45) is 5.92 Å². The summed E-state index contributed by atoms with van der Waals surface area (Å²) in [7, 11) is 0. The second-order valence-corrected chi connectivity index (χ2v) is 7.65. The monoisotopic (exact) mass is 333 g/mol. The Morgan fingerprint density at radius 1 is 1.48 bits per heavy atom. The highest BCUT2D eigenvalue weighted by molar-refractivity contribution is 7.09. The van der Waals surface area contributed by atoms with E-state index < -0.39 is 0 Å². The SMILES string of the molecule is O=C(CC1=CCNCC1)NCC1CCCN(Cc2cccs2)C1. The van der Waals surface area contributed by atoms with Gasteiger partial charge in [-0.05, 0) is 49.7 Å². The van der Waals surface area contributed by atoms with Crippen molar-refractivity contribution in [3.05, 3.63) is 34.0 Å². The third-order valence-corrected chi connectivity index (χ3v) is 5.56. The van der Waals surface area contributed by atoms with Gasteiger partial charge in [-0.3, -0.25) is 9.69 Å². The molecule has 126 valence electrons. The quantitative estimate of drug-likeness (QED) is 0.786. The van der Waals surface area contributed by atoms with Gasteiger partial charge < -0.3 is 10.6 Å². The molecule has 1 atom stereocenters. The van der Waals surface area contributed by atoms with Gasteiger partial charge in [-0.25, -0.2) is 0 Å². The van der Waals surface area contributed by atoms with Crippen molar-refractivity contribution >= 4 is 17.2 Å². The minimum atomic E-state index is 0.188. The first-order valence-electron chi connectivity index (χ1n) is 8.69. The van der Waals surface area contributed by atoms with Crippen LogP contribution in [0.2, 0.25) is 0 Å². The van der Waals surface area contributed by atoms with E-state index in [1.54, 1.807) is 0 Å². The molecule has 5 heteroatoms. The van der Waals surface area contributed by atoms with Crippen molar-refractivity contribution in [2.75, 3.05) is 32.7 Å². The van der Waals surface area contributed by atoms with Crippen LogP contribution in [-0.2, 0) is 11.3 Å². The first-order chi connectivity index (χ1) is 11.3. The lowest BCUT2D eigenvalue weighted by Gasteiger charge is -2.32. The highest BCUT2D eigenvalue weighted by atomic mass is 32.1. The molecule has 3 heterocycles. The number of carbonyl (C=O) groups excluding carboxylic acids is 1. The van der Waals surface area contributed by atoms with Gasteiger partial charge in [0.2, 0.25) is 5.91 Å². The van der Waals surface area contributed by atoms with Gasteiger partial charge in [-0.2, -0.15) is 0 Å². The molecule has 0 spiro atoms. The van der Waals surface area contributed by atoms with Crippen molar-refractivity contribution in [3.8, 4) is 0 Å². The molecule has 0 aromatic carbocycles. The van der Waals surface area contributed by atoms with Gasteiger partial charge in [-0.1, -0.05) is 17.7 Å². The molecule has 2 aliphatic heterocycles.